The summed E-state index contributed by atoms with van der Waals surface area (Å²) in [5.74, 6) is 0. The van der Waals surface area contributed by atoms with Crippen molar-refractivity contribution in [2.24, 2.45) is 5.41 Å². The first-order chi connectivity index (χ1) is 9.11. The van der Waals surface area contributed by atoms with Crippen LogP contribution >= 0.6 is 22.7 Å². The first kappa shape index (κ1) is 14.7. The lowest BCUT2D eigenvalue weighted by Gasteiger charge is -2.23. The van der Waals surface area contributed by atoms with E-state index in [9.17, 15) is 0 Å². The van der Waals surface area contributed by atoms with Gasteiger partial charge in [0, 0.05) is 30.8 Å². The summed E-state index contributed by atoms with van der Waals surface area (Å²) in [6.45, 7) is 6.33. The van der Waals surface area contributed by atoms with Gasteiger partial charge in [-0.2, -0.15) is 0 Å². The summed E-state index contributed by atoms with van der Waals surface area (Å²) in [6.07, 6.45) is 2.77. The Balaban J connectivity index is 1.84. The molecule has 2 N–H and O–H groups in total. The summed E-state index contributed by atoms with van der Waals surface area (Å²) in [5.41, 5.74) is 0.135. The van der Waals surface area contributed by atoms with Crippen molar-refractivity contribution in [3.05, 3.63) is 28.6 Å². The lowest BCUT2D eigenvalue weighted by molar-refractivity contribution is 0.207. The van der Waals surface area contributed by atoms with Gasteiger partial charge in [-0.1, -0.05) is 19.9 Å². The van der Waals surface area contributed by atoms with Gasteiger partial charge in [-0.3, -0.25) is 0 Å². The van der Waals surface area contributed by atoms with Crippen molar-refractivity contribution < 1.29 is 5.11 Å². The van der Waals surface area contributed by atoms with E-state index >= 15 is 0 Å². The van der Waals surface area contributed by atoms with E-state index in [1.165, 1.54) is 9.75 Å². The first-order valence-electron chi connectivity index (χ1n) is 6.41. The number of aromatic nitrogens is 1. The molecule has 0 unspecified atom stereocenters. The lowest BCUT2D eigenvalue weighted by Crippen LogP contribution is -2.29. The molecule has 3 nitrogen and oxygen atoms in total. The third kappa shape index (κ3) is 4.38. The van der Waals surface area contributed by atoms with Crippen LogP contribution in [0.15, 0.2) is 23.7 Å². The second-order valence-electron chi connectivity index (χ2n) is 5.35. The zero-order valence-electron chi connectivity index (χ0n) is 11.3. The van der Waals surface area contributed by atoms with Crippen molar-refractivity contribution >= 4 is 22.7 Å². The molecular formula is C14H20N2OS2. The van der Waals surface area contributed by atoms with Crippen LogP contribution in [-0.4, -0.2) is 23.2 Å². The van der Waals surface area contributed by atoms with E-state index in [-0.39, 0.29) is 12.0 Å². The monoisotopic (exact) mass is 296 g/mol. The zero-order chi connectivity index (χ0) is 13.7. The van der Waals surface area contributed by atoms with Crippen LogP contribution in [0.25, 0.3) is 9.88 Å². The predicted octanol–water partition coefficient (Wildman–Crippen LogP) is 3.37. The Bertz CT molecular complexity index is 491. The molecule has 0 saturated carbocycles. The first-order valence-corrected chi connectivity index (χ1v) is 8.10. The summed E-state index contributed by atoms with van der Waals surface area (Å²) in [4.78, 5) is 6.95. The average molecular weight is 296 g/mol. The van der Waals surface area contributed by atoms with Crippen LogP contribution < -0.4 is 5.32 Å². The molecule has 2 aromatic heterocycles. The Hall–Kier alpha value is -0.750. The lowest BCUT2D eigenvalue weighted by atomic mass is 9.90. The van der Waals surface area contributed by atoms with Gasteiger partial charge < -0.3 is 10.4 Å². The minimum Gasteiger partial charge on any atom is -0.396 e. The van der Waals surface area contributed by atoms with Gasteiger partial charge >= 0.3 is 0 Å². The van der Waals surface area contributed by atoms with Gasteiger partial charge in [0.05, 0.1) is 4.88 Å². The van der Waals surface area contributed by atoms with Crippen molar-refractivity contribution in [3.8, 4) is 9.88 Å². The van der Waals surface area contributed by atoms with E-state index < -0.39 is 0 Å². The molecule has 0 spiro atoms. The highest BCUT2D eigenvalue weighted by Crippen LogP contribution is 2.28. The third-order valence-corrected chi connectivity index (χ3v) is 5.01. The summed E-state index contributed by atoms with van der Waals surface area (Å²) in [6, 6.07) is 4.15. The summed E-state index contributed by atoms with van der Waals surface area (Å²) < 4.78 is 0. The number of thiophene rings is 1. The van der Waals surface area contributed by atoms with Crippen LogP contribution in [0.1, 0.15) is 25.1 Å². The molecule has 0 aliphatic rings. The highest BCUT2D eigenvalue weighted by molar-refractivity contribution is 7.20. The molecule has 0 bridgehead atoms. The molecule has 104 valence electrons. The van der Waals surface area contributed by atoms with Crippen molar-refractivity contribution in [3.63, 3.8) is 0 Å². The van der Waals surface area contributed by atoms with Crippen LogP contribution in [0.3, 0.4) is 0 Å². The SMILES string of the molecule is CC(C)(CCO)CNCc1cnc(-c2cccs2)s1. The number of thiazole rings is 1. The molecule has 5 heteroatoms. The Morgan fingerprint density at radius 1 is 1.42 bits per heavy atom. The fourth-order valence-electron chi connectivity index (χ4n) is 1.82. The minimum absolute atomic E-state index is 0.135. The van der Waals surface area contributed by atoms with E-state index in [0.29, 0.717) is 0 Å². The Morgan fingerprint density at radius 3 is 2.95 bits per heavy atom. The largest absolute Gasteiger partial charge is 0.396 e. The second kappa shape index (κ2) is 6.61. The predicted molar refractivity (Wildman–Crippen MR) is 82.6 cm³/mol. The van der Waals surface area contributed by atoms with Gasteiger partial charge in [-0.25, -0.2) is 4.98 Å². The molecule has 0 atom stereocenters. The number of aliphatic hydroxyl groups excluding tert-OH is 1. The second-order valence-corrected chi connectivity index (χ2v) is 7.41. The number of nitrogens with one attached hydrogen (secondary N) is 1. The van der Waals surface area contributed by atoms with Crippen LogP contribution in [0.5, 0.6) is 0 Å². The van der Waals surface area contributed by atoms with Crippen LogP contribution in [0.2, 0.25) is 0 Å². The molecule has 0 aliphatic carbocycles. The molecule has 0 fully saturated rings. The number of aliphatic hydroxyl groups is 1. The van der Waals surface area contributed by atoms with Crippen LogP contribution in [0.4, 0.5) is 0 Å². The van der Waals surface area contributed by atoms with Gasteiger partial charge in [-0.05, 0) is 23.3 Å². The smallest absolute Gasteiger partial charge is 0.133 e. The van der Waals surface area contributed by atoms with Gasteiger partial charge in [0.1, 0.15) is 5.01 Å². The molecular weight excluding hydrogens is 276 g/mol. The van der Waals surface area contributed by atoms with Crippen LogP contribution in [0, 0.1) is 5.41 Å². The van der Waals surface area contributed by atoms with Gasteiger partial charge in [0.15, 0.2) is 0 Å². The fourth-order valence-corrected chi connectivity index (χ4v) is 3.50. The van der Waals surface area contributed by atoms with Gasteiger partial charge in [0.2, 0.25) is 0 Å². The normalized spacial score (nSPS) is 11.9. The molecule has 2 heterocycles. The summed E-state index contributed by atoms with van der Waals surface area (Å²) in [7, 11) is 0. The summed E-state index contributed by atoms with van der Waals surface area (Å²) in [5, 5.41) is 15.6. The van der Waals surface area contributed by atoms with E-state index in [1.54, 1.807) is 22.7 Å². The van der Waals surface area contributed by atoms with Crippen molar-refractivity contribution in [2.75, 3.05) is 13.2 Å². The van der Waals surface area contributed by atoms with E-state index in [2.05, 4.69) is 41.7 Å². The maximum Gasteiger partial charge on any atom is 0.133 e. The number of hydrogen-bond donors (Lipinski definition) is 2. The highest BCUT2D eigenvalue weighted by Gasteiger charge is 2.16. The van der Waals surface area contributed by atoms with E-state index in [4.69, 9.17) is 5.11 Å². The molecule has 2 aromatic rings. The summed E-state index contributed by atoms with van der Waals surface area (Å²) >= 11 is 3.47. The highest BCUT2D eigenvalue weighted by atomic mass is 32.1. The number of hydrogen-bond acceptors (Lipinski definition) is 5. The minimum atomic E-state index is 0.135. The van der Waals surface area contributed by atoms with E-state index in [0.717, 1.165) is 24.5 Å². The molecule has 0 amide bonds. The Labute approximate surface area is 122 Å². The molecule has 19 heavy (non-hydrogen) atoms. The Morgan fingerprint density at radius 2 is 2.26 bits per heavy atom. The maximum absolute atomic E-state index is 8.99. The van der Waals surface area contributed by atoms with Crippen molar-refractivity contribution in [1.82, 2.24) is 10.3 Å². The van der Waals surface area contributed by atoms with Gasteiger partial charge in [0.25, 0.3) is 0 Å². The van der Waals surface area contributed by atoms with Crippen molar-refractivity contribution in [1.29, 1.82) is 0 Å². The number of nitrogens with zero attached hydrogens (tertiary/aromatic N) is 1. The number of rotatable bonds is 7. The molecule has 0 saturated heterocycles. The topological polar surface area (TPSA) is 45.1 Å². The fraction of sp³-hybridized carbons (Fsp3) is 0.500. The Kier molecular flexibility index (Phi) is 5.10. The van der Waals surface area contributed by atoms with Crippen molar-refractivity contribution in [2.45, 2.75) is 26.8 Å². The zero-order valence-corrected chi connectivity index (χ0v) is 13.0. The standard InChI is InChI=1S/C14H20N2OS2/c1-14(2,5-6-17)10-15-8-11-9-16-13(19-11)12-4-3-7-18-12/h3-4,7,9,15,17H,5-6,8,10H2,1-2H3. The van der Waals surface area contributed by atoms with Gasteiger partial charge in [-0.15, -0.1) is 22.7 Å². The third-order valence-electron chi connectivity index (χ3n) is 2.98. The van der Waals surface area contributed by atoms with Crippen LogP contribution in [-0.2, 0) is 6.54 Å². The van der Waals surface area contributed by atoms with E-state index in [1.807, 2.05) is 6.20 Å². The average Bonchev–Trinajstić information content (AvgIpc) is 2.98. The molecule has 0 radical (unpaired) electrons. The molecule has 0 aliphatic heterocycles. The maximum atomic E-state index is 8.99. The molecule has 0 aromatic carbocycles. The quantitative estimate of drug-likeness (QED) is 0.823. The molecule has 2 rings (SSSR count).